The zero-order valence-electron chi connectivity index (χ0n) is 11.6. The van der Waals surface area contributed by atoms with Crippen molar-refractivity contribution in [3.05, 3.63) is 53.6 Å². The van der Waals surface area contributed by atoms with E-state index in [-0.39, 0.29) is 18.2 Å². The SMILES string of the molecule is Cc1cnc(C(=O)Nc2ccccc2C#CCCO)cn1. The first-order valence-corrected chi connectivity index (χ1v) is 6.49. The number of aliphatic hydroxyl groups is 1. The fraction of sp³-hybridized carbons (Fsp3) is 0.188. The van der Waals surface area contributed by atoms with E-state index in [1.165, 1.54) is 6.20 Å². The van der Waals surface area contributed by atoms with Gasteiger partial charge in [0.25, 0.3) is 5.91 Å². The minimum atomic E-state index is -0.334. The Labute approximate surface area is 123 Å². The quantitative estimate of drug-likeness (QED) is 0.841. The molecule has 0 aliphatic rings. The highest BCUT2D eigenvalue weighted by atomic mass is 16.2. The molecule has 1 amide bonds. The van der Waals surface area contributed by atoms with Crippen LogP contribution in [0, 0.1) is 18.8 Å². The molecule has 0 radical (unpaired) electrons. The summed E-state index contributed by atoms with van der Waals surface area (Å²) < 4.78 is 0. The van der Waals surface area contributed by atoms with Crippen molar-refractivity contribution in [2.45, 2.75) is 13.3 Å². The van der Waals surface area contributed by atoms with Gasteiger partial charge in [-0.3, -0.25) is 9.78 Å². The number of hydrogen-bond acceptors (Lipinski definition) is 4. The molecule has 0 aliphatic heterocycles. The Morgan fingerprint density at radius 3 is 2.81 bits per heavy atom. The molecule has 0 bridgehead atoms. The van der Waals surface area contributed by atoms with E-state index in [0.29, 0.717) is 17.7 Å². The number of aromatic nitrogens is 2. The van der Waals surface area contributed by atoms with Crippen LogP contribution in [0.1, 0.15) is 28.2 Å². The van der Waals surface area contributed by atoms with Gasteiger partial charge in [0.2, 0.25) is 0 Å². The smallest absolute Gasteiger partial charge is 0.275 e. The molecule has 1 aromatic heterocycles. The Balaban J connectivity index is 2.18. The average molecular weight is 281 g/mol. The van der Waals surface area contributed by atoms with Gasteiger partial charge in [0.15, 0.2) is 0 Å². The number of anilines is 1. The Morgan fingerprint density at radius 2 is 2.10 bits per heavy atom. The molecule has 1 aromatic carbocycles. The van der Waals surface area contributed by atoms with Gasteiger partial charge in [0.05, 0.1) is 24.2 Å². The van der Waals surface area contributed by atoms with Crippen LogP contribution in [-0.2, 0) is 0 Å². The zero-order valence-corrected chi connectivity index (χ0v) is 11.6. The molecule has 0 saturated heterocycles. The number of hydrogen-bond donors (Lipinski definition) is 2. The second-order valence-electron chi connectivity index (χ2n) is 4.32. The van der Waals surface area contributed by atoms with Gasteiger partial charge >= 0.3 is 0 Å². The molecule has 2 N–H and O–H groups in total. The highest BCUT2D eigenvalue weighted by molar-refractivity contribution is 6.03. The van der Waals surface area contributed by atoms with Crippen molar-refractivity contribution in [2.24, 2.45) is 0 Å². The number of amides is 1. The van der Waals surface area contributed by atoms with Gasteiger partial charge in [-0.05, 0) is 19.1 Å². The maximum atomic E-state index is 12.1. The Morgan fingerprint density at radius 1 is 1.29 bits per heavy atom. The number of rotatable bonds is 3. The van der Waals surface area contributed by atoms with Crippen LogP contribution >= 0.6 is 0 Å². The van der Waals surface area contributed by atoms with Gasteiger partial charge in [-0.15, -0.1) is 0 Å². The van der Waals surface area contributed by atoms with Crippen LogP contribution in [0.25, 0.3) is 0 Å². The molecule has 1 heterocycles. The van der Waals surface area contributed by atoms with Crippen LogP contribution in [0.3, 0.4) is 0 Å². The van der Waals surface area contributed by atoms with Gasteiger partial charge < -0.3 is 10.4 Å². The second-order valence-corrected chi connectivity index (χ2v) is 4.32. The summed E-state index contributed by atoms with van der Waals surface area (Å²) in [6.07, 6.45) is 3.37. The third-order valence-corrected chi connectivity index (χ3v) is 2.65. The topological polar surface area (TPSA) is 75.1 Å². The number of aliphatic hydroxyl groups excluding tert-OH is 1. The van der Waals surface area contributed by atoms with Crippen molar-refractivity contribution in [1.29, 1.82) is 0 Å². The molecule has 0 atom stereocenters. The zero-order chi connectivity index (χ0) is 15.1. The number of carbonyl (C=O) groups is 1. The fourth-order valence-corrected chi connectivity index (χ4v) is 1.61. The van der Waals surface area contributed by atoms with Crippen molar-refractivity contribution in [3.63, 3.8) is 0 Å². The van der Waals surface area contributed by atoms with Gasteiger partial charge in [-0.1, -0.05) is 24.0 Å². The molecular formula is C16H15N3O2. The van der Waals surface area contributed by atoms with E-state index in [0.717, 1.165) is 5.69 Å². The third-order valence-electron chi connectivity index (χ3n) is 2.65. The summed E-state index contributed by atoms with van der Waals surface area (Å²) >= 11 is 0. The van der Waals surface area contributed by atoms with Crippen molar-refractivity contribution in [1.82, 2.24) is 9.97 Å². The highest BCUT2D eigenvalue weighted by Crippen LogP contribution is 2.14. The molecule has 21 heavy (non-hydrogen) atoms. The molecule has 0 spiro atoms. The van der Waals surface area contributed by atoms with Crippen LogP contribution in [-0.4, -0.2) is 27.6 Å². The number of para-hydroxylation sites is 1. The first-order valence-electron chi connectivity index (χ1n) is 6.49. The van der Waals surface area contributed by atoms with Gasteiger partial charge in [-0.2, -0.15) is 0 Å². The number of benzene rings is 1. The lowest BCUT2D eigenvalue weighted by Crippen LogP contribution is -2.15. The Kier molecular flexibility index (Phi) is 5.02. The number of nitrogens with zero attached hydrogens (tertiary/aromatic N) is 2. The predicted molar refractivity (Wildman–Crippen MR) is 79.7 cm³/mol. The molecule has 2 rings (SSSR count). The largest absolute Gasteiger partial charge is 0.395 e. The van der Waals surface area contributed by atoms with Crippen LogP contribution in [0.2, 0.25) is 0 Å². The Bertz CT molecular complexity index is 685. The highest BCUT2D eigenvalue weighted by Gasteiger charge is 2.09. The van der Waals surface area contributed by atoms with Crippen molar-refractivity contribution in [3.8, 4) is 11.8 Å². The monoisotopic (exact) mass is 281 g/mol. The molecule has 5 heteroatoms. The van der Waals surface area contributed by atoms with Gasteiger partial charge in [0, 0.05) is 18.2 Å². The maximum Gasteiger partial charge on any atom is 0.275 e. The minimum Gasteiger partial charge on any atom is -0.395 e. The van der Waals surface area contributed by atoms with Crippen LogP contribution in [0.4, 0.5) is 5.69 Å². The van der Waals surface area contributed by atoms with Gasteiger partial charge in [-0.25, -0.2) is 4.98 Å². The van der Waals surface area contributed by atoms with Crippen molar-refractivity contribution >= 4 is 11.6 Å². The molecule has 0 saturated carbocycles. The standard InChI is InChI=1S/C16H15N3O2/c1-12-10-18-15(11-17-12)16(21)19-14-8-3-2-6-13(14)7-4-5-9-20/h2-3,6,8,10-11,20H,5,9H2,1H3,(H,19,21). The summed E-state index contributed by atoms with van der Waals surface area (Å²) in [6, 6.07) is 7.22. The van der Waals surface area contributed by atoms with Crippen LogP contribution in [0.5, 0.6) is 0 Å². The maximum absolute atomic E-state index is 12.1. The van der Waals surface area contributed by atoms with E-state index in [2.05, 4.69) is 27.1 Å². The molecule has 106 valence electrons. The molecular weight excluding hydrogens is 266 g/mol. The van der Waals surface area contributed by atoms with Gasteiger partial charge in [0.1, 0.15) is 5.69 Å². The normalized spacial score (nSPS) is 9.62. The first-order chi connectivity index (χ1) is 10.2. The van der Waals surface area contributed by atoms with Crippen LogP contribution in [0.15, 0.2) is 36.7 Å². The van der Waals surface area contributed by atoms with Crippen molar-refractivity contribution in [2.75, 3.05) is 11.9 Å². The summed E-state index contributed by atoms with van der Waals surface area (Å²) in [6.45, 7) is 1.82. The number of nitrogens with one attached hydrogen (secondary N) is 1. The molecule has 5 nitrogen and oxygen atoms in total. The summed E-state index contributed by atoms with van der Waals surface area (Å²) in [7, 11) is 0. The van der Waals surface area contributed by atoms with E-state index in [1.807, 2.05) is 12.1 Å². The van der Waals surface area contributed by atoms with E-state index in [4.69, 9.17) is 5.11 Å². The first kappa shape index (κ1) is 14.7. The third kappa shape index (κ3) is 4.13. The lowest BCUT2D eigenvalue weighted by Gasteiger charge is -2.06. The summed E-state index contributed by atoms with van der Waals surface area (Å²) in [5.41, 5.74) is 2.30. The molecule has 2 aromatic rings. The average Bonchev–Trinajstić information content (AvgIpc) is 2.50. The second kappa shape index (κ2) is 7.17. The lowest BCUT2D eigenvalue weighted by atomic mass is 10.1. The minimum absolute atomic E-state index is 0.0144. The Hall–Kier alpha value is -2.71. The van der Waals surface area contributed by atoms with E-state index in [1.54, 1.807) is 25.3 Å². The lowest BCUT2D eigenvalue weighted by molar-refractivity contribution is 0.102. The summed E-state index contributed by atoms with van der Waals surface area (Å²) in [5.74, 6) is 5.42. The molecule has 0 unspecified atom stereocenters. The van der Waals surface area contributed by atoms with E-state index >= 15 is 0 Å². The number of carbonyl (C=O) groups excluding carboxylic acids is 1. The summed E-state index contributed by atoms with van der Waals surface area (Å²) in [4.78, 5) is 20.2. The van der Waals surface area contributed by atoms with Crippen molar-refractivity contribution < 1.29 is 9.90 Å². The summed E-state index contributed by atoms with van der Waals surface area (Å²) in [5, 5.41) is 11.5. The predicted octanol–water partition coefficient (Wildman–Crippen LogP) is 1.77. The van der Waals surface area contributed by atoms with Crippen LogP contribution < -0.4 is 5.32 Å². The number of aryl methyl sites for hydroxylation is 1. The molecule has 0 aliphatic carbocycles. The fourth-order valence-electron chi connectivity index (χ4n) is 1.61. The molecule has 0 fully saturated rings. The van der Waals surface area contributed by atoms with E-state index in [9.17, 15) is 4.79 Å². The van der Waals surface area contributed by atoms with E-state index < -0.39 is 0 Å².